The lowest BCUT2D eigenvalue weighted by atomic mass is 10.2. The number of aryl methyl sites for hydroxylation is 2. The van der Waals surface area contributed by atoms with E-state index in [0.717, 1.165) is 6.26 Å². The Morgan fingerprint density at radius 1 is 0.947 bits per heavy atom. The number of nitrogens with one attached hydrogen (secondary N) is 2. The predicted octanol–water partition coefficient (Wildman–Crippen LogP) is 2.81. The second-order valence-electron chi connectivity index (χ2n) is 8.63. The number of carbonyl (C=O) groups excluding carboxylic acids is 1. The smallest absolute Gasteiger partial charge is 0.264 e. The van der Waals surface area contributed by atoms with Crippen LogP contribution in [0.4, 0.5) is 17.3 Å². The van der Waals surface area contributed by atoms with E-state index >= 15 is 0 Å². The molecule has 0 unspecified atom stereocenters. The Hall–Kier alpha value is -3.91. The Morgan fingerprint density at radius 3 is 2.26 bits per heavy atom. The number of rotatable bonds is 10. The fourth-order valence-electron chi connectivity index (χ4n) is 3.80. The Labute approximate surface area is 221 Å². The number of carbonyl (C=O) groups is 1. The van der Waals surface area contributed by atoms with Crippen LogP contribution in [0.5, 0.6) is 11.5 Å². The molecule has 0 spiro atoms. The largest absolute Gasteiger partial charge is 0.454 e. The molecule has 1 aliphatic rings. The number of anilines is 3. The minimum Gasteiger partial charge on any atom is -0.454 e. The molecule has 0 atom stereocenters. The van der Waals surface area contributed by atoms with E-state index in [4.69, 9.17) is 9.47 Å². The van der Waals surface area contributed by atoms with E-state index in [1.165, 1.54) is 28.6 Å². The summed E-state index contributed by atoms with van der Waals surface area (Å²) >= 11 is 0. The maximum Gasteiger partial charge on any atom is 0.264 e. The number of amides is 1. The summed E-state index contributed by atoms with van der Waals surface area (Å²) < 4.78 is 64.2. The number of benzene rings is 2. The maximum atomic E-state index is 12.7. The molecule has 3 aromatic rings. The Kier molecular flexibility index (Phi) is 7.73. The van der Waals surface area contributed by atoms with Crippen LogP contribution < -0.4 is 23.8 Å². The summed E-state index contributed by atoms with van der Waals surface area (Å²) in [6, 6.07) is 12.2. The van der Waals surface area contributed by atoms with E-state index in [1.54, 1.807) is 38.1 Å². The molecule has 0 saturated carbocycles. The molecule has 38 heavy (non-hydrogen) atoms. The summed E-state index contributed by atoms with van der Waals surface area (Å²) in [5.74, 6) is 0.621. The molecule has 1 amide bonds. The molecule has 2 N–H and O–H groups in total. The number of nitrogens with zero attached hydrogens (tertiary/aromatic N) is 3. The van der Waals surface area contributed by atoms with E-state index in [2.05, 4.69) is 20.0 Å². The van der Waals surface area contributed by atoms with Gasteiger partial charge in [-0.25, -0.2) is 31.5 Å². The van der Waals surface area contributed by atoms with Crippen LogP contribution in [0.15, 0.2) is 53.4 Å². The first-order chi connectivity index (χ1) is 17.9. The Balaban J connectivity index is 1.33. The summed E-state index contributed by atoms with van der Waals surface area (Å²) in [5, 5.41) is 2.69. The number of hydrogen-bond donors (Lipinski definition) is 2. The van der Waals surface area contributed by atoms with Crippen molar-refractivity contribution in [1.82, 2.24) is 9.97 Å². The molecule has 1 aromatic heterocycles. The maximum absolute atomic E-state index is 12.7. The molecule has 12 nitrogen and oxygen atoms in total. The van der Waals surface area contributed by atoms with E-state index < -0.39 is 20.0 Å². The molecule has 202 valence electrons. The van der Waals surface area contributed by atoms with Crippen molar-refractivity contribution in [3.8, 4) is 11.5 Å². The third kappa shape index (κ3) is 6.69. The summed E-state index contributed by atoms with van der Waals surface area (Å²) in [5.41, 5.74) is 2.06. The van der Waals surface area contributed by atoms with Gasteiger partial charge >= 0.3 is 0 Å². The molecular formula is C24H27N5O7S2. The average molecular weight is 562 g/mol. The highest BCUT2D eigenvalue weighted by atomic mass is 32.2. The SMILES string of the molecule is Cc1cc(C)nc(NS(=O)(=O)c2ccc(NC(=O)CCCN(c3ccc4c(c3)OCO4)S(C)(=O)=O)cc2)n1. The van der Waals surface area contributed by atoms with Crippen LogP contribution in [0.2, 0.25) is 0 Å². The van der Waals surface area contributed by atoms with Gasteiger partial charge in [-0.2, -0.15) is 0 Å². The number of ether oxygens (including phenoxy) is 2. The Bertz CT molecular complexity index is 1540. The summed E-state index contributed by atoms with van der Waals surface area (Å²) in [4.78, 5) is 20.6. The van der Waals surface area contributed by atoms with E-state index in [-0.39, 0.29) is 42.9 Å². The van der Waals surface area contributed by atoms with Gasteiger partial charge in [-0.3, -0.25) is 9.10 Å². The van der Waals surface area contributed by atoms with E-state index in [1.807, 2.05) is 0 Å². The third-order valence-electron chi connectivity index (χ3n) is 5.47. The van der Waals surface area contributed by atoms with Gasteiger partial charge in [0.25, 0.3) is 10.0 Å². The third-order valence-corrected chi connectivity index (χ3v) is 8.00. The van der Waals surface area contributed by atoms with Crippen molar-refractivity contribution >= 4 is 43.3 Å². The van der Waals surface area contributed by atoms with Crippen LogP contribution in [0.3, 0.4) is 0 Å². The van der Waals surface area contributed by atoms with Gasteiger partial charge in [-0.15, -0.1) is 0 Å². The number of sulfonamides is 2. The van der Waals surface area contributed by atoms with Crippen molar-refractivity contribution in [2.45, 2.75) is 31.6 Å². The zero-order chi connectivity index (χ0) is 27.5. The van der Waals surface area contributed by atoms with E-state index in [9.17, 15) is 21.6 Å². The van der Waals surface area contributed by atoms with Crippen LogP contribution >= 0.6 is 0 Å². The van der Waals surface area contributed by atoms with Crippen molar-refractivity contribution in [1.29, 1.82) is 0 Å². The highest BCUT2D eigenvalue weighted by Crippen LogP contribution is 2.36. The summed E-state index contributed by atoms with van der Waals surface area (Å²) in [6.07, 6.45) is 1.39. The quantitative estimate of drug-likeness (QED) is 0.380. The summed E-state index contributed by atoms with van der Waals surface area (Å²) in [7, 11) is -7.53. The zero-order valence-electron chi connectivity index (χ0n) is 21.0. The minimum absolute atomic E-state index is 0.0224. The second-order valence-corrected chi connectivity index (χ2v) is 12.2. The van der Waals surface area contributed by atoms with Crippen LogP contribution in [0.1, 0.15) is 24.2 Å². The fraction of sp³-hybridized carbons (Fsp3) is 0.292. The van der Waals surface area contributed by atoms with Gasteiger partial charge in [0.05, 0.1) is 16.8 Å². The number of hydrogen-bond acceptors (Lipinski definition) is 9. The average Bonchev–Trinajstić information content (AvgIpc) is 3.28. The lowest BCUT2D eigenvalue weighted by Gasteiger charge is -2.22. The number of aromatic nitrogens is 2. The lowest BCUT2D eigenvalue weighted by Crippen LogP contribution is -2.31. The molecule has 2 heterocycles. The van der Waals surface area contributed by atoms with Crippen LogP contribution in [-0.2, 0) is 24.8 Å². The van der Waals surface area contributed by atoms with Crippen LogP contribution in [-0.4, -0.2) is 52.3 Å². The van der Waals surface area contributed by atoms with Crippen molar-refractivity contribution < 1.29 is 31.1 Å². The normalized spacial score (nSPS) is 12.7. The molecule has 1 aliphatic heterocycles. The van der Waals surface area contributed by atoms with Gasteiger partial charge in [0.2, 0.25) is 28.7 Å². The zero-order valence-corrected chi connectivity index (χ0v) is 22.6. The summed E-state index contributed by atoms with van der Waals surface area (Å²) in [6.45, 7) is 3.62. The van der Waals surface area contributed by atoms with Gasteiger partial charge in [-0.05, 0) is 62.7 Å². The van der Waals surface area contributed by atoms with Crippen molar-refractivity contribution in [2.24, 2.45) is 0 Å². The minimum atomic E-state index is -3.93. The van der Waals surface area contributed by atoms with Crippen molar-refractivity contribution in [3.05, 3.63) is 59.9 Å². The molecule has 0 saturated heterocycles. The van der Waals surface area contributed by atoms with Crippen LogP contribution in [0, 0.1) is 13.8 Å². The number of fused-ring (bicyclic) bond motifs is 1. The monoisotopic (exact) mass is 561 g/mol. The fourth-order valence-corrected chi connectivity index (χ4v) is 5.70. The highest BCUT2D eigenvalue weighted by molar-refractivity contribution is 7.92. The first-order valence-electron chi connectivity index (χ1n) is 11.5. The van der Waals surface area contributed by atoms with Crippen LogP contribution in [0.25, 0.3) is 0 Å². The molecule has 0 radical (unpaired) electrons. The molecule has 14 heteroatoms. The van der Waals surface area contributed by atoms with Gasteiger partial charge in [-0.1, -0.05) is 0 Å². The van der Waals surface area contributed by atoms with Crippen molar-refractivity contribution in [2.75, 3.05) is 33.9 Å². The lowest BCUT2D eigenvalue weighted by molar-refractivity contribution is -0.116. The second kappa shape index (κ2) is 10.8. The van der Waals surface area contributed by atoms with Gasteiger partial charge in [0, 0.05) is 36.1 Å². The topological polar surface area (TPSA) is 157 Å². The molecule has 2 aromatic carbocycles. The first-order valence-corrected chi connectivity index (χ1v) is 14.9. The van der Waals surface area contributed by atoms with Gasteiger partial charge in [0.1, 0.15) is 0 Å². The standard InChI is InChI=1S/C24H27N5O7S2/c1-16-13-17(2)26-24(25-16)28-38(33,34)20-9-6-18(7-10-20)27-23(30)5-4-12-29(37(3,31)32)19-8-11-21-22(14-19)36-15-35-21/h6-11,13-14H,4-5,12,15H2,1-3H3,(H,27,30)(H,25,26,28). The molecule has 4 rings (SSSR count). The molecule has 0 aliphatic carbocycles. The molecular weight excluding hydrogens is 534 g/mol. The molecule has 0 bridgehead atoms. The van der Waals surface area contributed by atoms with Gasteiger partial charge in [0.15, 0.2) is 11.5 Å². The van der Waals surface area contributed by atoms with Crippen molar-refractivity contribution in [3.63, 3.8) is 0 Å². The first kappa shape index (κ1) is 27.1. The van der Waals surface area contributed by atoms with E-state index in [0.29, 0.717) is 34.3 Å². The predicted molar refractivity (Wildman–Crippen MR) is 141 cm³/mol. The Morgan fingerprint density at radius 2 is 1.61 bits per heavy atom. The highest BCUT2D eigenvalue weighted by Gasteiger charge is 2.22. The van der Waals surface area contributed by atoms with Gasteiger partial charge < -0.3 is 14.8 Å². The molecule has 0 fully saturated rings.